The van der Waals surface area contributed by atoms with E-state index in [2.05, 4.69) is 25.2 Å². The van der Waals surface area contributed by atoms with Gasteiger partial charge < -0.3 is 14.6 Å². The maximum atomic E-state index is 5.34. The second kappa shape index (κ2) is 7.91. The molecule has 0 unspecified atom stereocenters. The van der Waals surface area contributed by atoms with Gasteiger partial charge in [-0.15, -0.1) is 11.3 Å². The monoisotopic (exact) mass is 280 g/mol. The van der Waals surface area contributed by atoms with Crippen molar-refractivity contribution in [3.63, 3.8) is 0 Å². The minimum Gasteiger partial charge on any atom is -0.382 e. The van der Waals surface area contributed by atoms with Crippen LogP contribution in [0.1, 0.15) is 19.0 Å². The molecule has 0 aliphatic carbocycles. The van der Waals surface area contributed by atoms with Crippen molar-refractivity contribution in [2.24, 2.45) is 0 Å². The highest BCUT2D eigenvalue weighted by molar-refractivity contribution is 7.07. The standard InChI is InChI=1S/C13H20N4OS/c1-2-18-9-3-7-17-8-6-15-13(17)14-5-4-12-10-19-11-16-12/h6,8,10-11H,2-5,7,9H2,1H3,(H,14,15). The number of hydrogen-bond donors (Lipinski definition) is 1. The number of ether oxygens (including phenoxy) is 1. The molecule has 6 heteroatoms. The van der Waals surface area contributed by atoms with E-state index in [-0.39, 0.29) is 0 Å². The predicted octanol–water partition coefficient (Wildman–Crippen LogP) is 2.42. The molecule has 0 aliphatic rings. The quantitative estimate of drug-likeness (QED) is 0.717. The first kappa shape index (κ1) is 14.0. The fourth-order valence-electron chi connectivity index (χ4n) is 1.80. The van der Waals surface area contributed by atoms with E-state index >= 15 is 0 Å². The Morgan fingerprint density at radius 2 is 2.37 bits per heavy atom. The smallest absolute Gasteiger partial charge is 0.202 e. The van der Waals surface area contributed by atoms with Crippen molar-refractivity contribution in [2.45, 2.75) is 26.3 Å². The summed E-state index contributed by atoms with van der Waals surface area (Å²) in [7, 11) is 0. The van der Waals surface area contributed by atoms with Crippen LogP contribution in [0.25, 0.3) is 0 Å². The Hall–Kier alpha value is -1.40. The fourth-order valence-corrected chi connectivity index (χ4v) is 2.39. The first-order valence-electron chi connectivity index (χ1n) is 6.60. The lowest BCUT2D eigenvalue weighted by Gasteiger charge is -2.09. The maximum absolute atomic E-state index is 5.34. The van der Waals surface area contributed by atoms with Crippen molar-refractivity contribution in [1.82, 2.24) is 14.5 Å². The van der Waals surface area contributed by atoms with Gasteiger partial charge in [0.05, 0.1) is 11.2 Å². The second-order valence-electron chi connectivity index (χ2n) is 4.15. The van der Waals surface area contributed by atoms with Gasteiger partial charge in [-0.2, -0.15) is 0 Å². The van der Waals surface area contributed by atoms with Gasteiger partial charge in [0.1, 0.15) is 0 Å². The highest BCUT2D eigenvalue weighted by Gasteiger charge is 2.02. The van der Waals surface area contributed by atoms with Gasteiger partial charge in [0.25, 0.3) is 0 Å². The number of nitrogens with zero attached hydrogens (tertiary/aromatic N) is 3. The van der Waals surface area contributed by atoms with Gasteiger partial charge in [-0.05, 0) is 13.3 Å². The van der Waals surface area contributed by atoms with Gasteiger partial charge in [0, 0.05) is 50.5 Å². The van der Waals surface area contributed by atoms with Crippen molar-refractivity contribution < 1.29 is 4.74 Å². The molecule has 0 saturated carbocycles. The molecule has 19 heavy (non-hydrogen) atoms. The number of rotatable bonds is 9. The lowest BCUT2D eigenvalue weighted by atomic mass is 10.3. The average Bonchev–Trinajstić information content (AvgIpc) is 3.07. The van der Waals surface area contributed by atoms with E-state index in [1.54, 1.807) is 11.3 Å². The molecule has 2 aromatic rings. The molecule has 0 aromatic carbocycles. The van der Waals surface area contributed by atoms with Gasteiger partial charge in [-0.25, -0.2) is 9.97 Å². The van der Waals surface area contributed by atoms with E-state index in [9.17, 15) is 0 Å². The summed E-state index contributed by atoms with van der Waals surface area (Å²) in [6.45, 7) is 5.38. The molecular formula is C13H20N4OS. The Labute approximate surface area is 117 Å². The maximum Gasteiger partial charge on any atom is 0.202 e. The number of aromatic nitrogens is 3. The van der Waals surface area contributed by atoms with Crippen LogP contribution in [-0.2, 0) is 17.7 Å². The fraction of sp³-hybridized carbons (Fsp3) is 0.538. The Bertz CT molecular complexity index is 455. The van der Waals surface area contributed by atoms with Crippen LogP contribution in [0.5, 0.6) is 0 Å². The Balaban J connectivity index is 1.72. The van der Waals surface area contributed by atoms with Gasteiger partial charge in [0.15, 0.2) is 0 Å². The largest absolute Gasteiger partial charge is 0.382 e. The van der Waals surface area contributed by atoms with Crippen LogP contribution in [0.15, 0.2) is 23.3 Å². The van der Waals surface area contributed by atoms with Crippen molar-refractivity contribution in [2.75, 3.05) is 25.1 Å². The van der Waals surface area contributed by atoms with Crippen LogP contribution in [0, 0.1) is 0 Å². The summed E-state index contributed by atoms with van der Waals surface area (Å²) in [5.41, 5.74) is 3.00. The Morgan fingerprint density at radius 1 is 1.42 bits per heavy atom. The molecule has 0 bridgehead atoms. The lowest BCUT2D eigenvalue weighted by molar-refractivity contribution is 0.142. The highest BCUT2D eigenvalue weighted by Crippen LogP contribution is 2.07. The molecule has 0 amide bonds. The molecule has 2 aromatic heterocycles. The minimum atomic E-state index is 0.780. The molecule has 0 atom stereocenters. The lowest BCUT2D eigenvalue weighted by Crippen LogP contribution is -2.11. The number of anilines is 1. The van der Waals surface area contributed by atoms with E-state index in [4.69, 9.17) is 4.74 Å². The summed E-state index contributed by atoms with van der Waals surface area (Å²) in [5, 5.41) is 5.43. The average molecular weight is 280 g/mol. The van der Waals surface area contributed by atoms with Crippen LogP contribution < -0.4 is 5.32 Å². The molecule has 104 valence electrons. The number of hydrogen-bond acceptors (Lipinski definition) is 5. The molecule has 0 radical (unpaired) electrons. The van der Waals surface area contributed by atoms with E-state index in [0.717, 1.165) is 50.8 Å². The molecule has 0 fully saturated rings. The third-order valence-electron chi connectivity index (χ3n) is 2.76. The second-order valence-corrected chi connectivity index (χ2v) is 4.87. The summed E-state index contributed by atoms with van der Waals surface area (Å²) in [6, 6.07) is 0. The van der Waals surface area contributed by atoms with E-state index in [0.29, 0.717) is 0 Å². The zero-order chi connectivity index (χ0) is 13.3. The van der Waals surface area contributed by atoms with Crippen LogP contribution in [0.2, 0.25) is 0 Å². The van der Waals surface area contributed by atoms with Crippen molar-refractivity contribution in [3.8, 4) is 0 Å². The Kier molecular flexibility index (Phi) is 5.84. The number of nitrogens with one attached hydrogen (secondary N) is 1. The zero-order valence-electron chi connectivity index (χ0n) is 11.2. The van der Waals surface area contributed by atoms with Crippen LogP contribution >= 0.6 is 11.3 Å². The van der Waals surface area contributed by atoms with Crippen molar-refractivity contribution >= 4 is 17.3 Å². The molecule has 2 heterocycles. The molecule has 0 aliphatic heterocycles. The van der Waals surface area contributed by atoms with E-state index in [1.165, 1.54) is 0 Å². The zero-order valence-corrected chi connectivity index (χ0v) is 12.0. The highest BCUT2D eigenvalue weighted by atomic mass is 32.1. The summed E-state index contributed by atoms with van der Waals surface area (Å²) in [4.78, 5) is 8.59. The summed E-state index contributed by atoms with van der Waals surface area (Å²) >= 11 is 1.63. The normalized spacial score (nSPS) is 10.8. The van der Waals surface area contributed by atoms with Gasteiger partial charge >= 0.3 is 0 Å². The first-order chi connectivity index (χ1) is 9.40. The number of imidazole rings is 1. The topological polar surface area (TPSA) is 52.0 Å². The predicted molar refractivity (Wildman–Crippen MR) is 77.6 cm³/mol. The molecule has 0 saturated heterocycles. The Morgan fingerprint density at radius 3 is 3.16 bits per heavy atom. The molecule has 1 N–H and O–H groups in total. The third kappa shape index (κ3) is 4.65. The third-order valence-corrected chi connectivity index (χ3v) is 3.39. The summed E-state index contributed by atoms with van der Waals surface area (Å²) in [6.07, 6.45) is 5.75. The SMILES string of the molecule is CCOCCCn1ccnc1NCCc1cscn1. The minimum absolute atomic E-state index is 0.780. The van der Waals surface area contributed by atoms with Crippen LogP contribution in [0.3, 0.4) is 0 Å². The first-order valence-corrected chi connectivity index (χ1v) is 7.54. The van der Waals surface area contributed by atoms with Gasteiger partial charge in [0.2, 0.25) is 5.95 Å². The molecular weight excluding hydrogens is 260 g/mol. The van der Waals surface area contributed by atoms with E-state index in [1.807, 2.05) is 24.8 Å². The summed E-state index contributed by atoms with van der Waals surface area (Å²) in [5.74, 6) is 0.923. The number of aryl methyl sites for hydroxylation is 1. The van der Waals surface area contributed by atoms with Crippen LogP contribution in [-0.4, -0.2) is 34.3 Å². The van der Waals surface area contributed by atoms with Crippen molar-refractivity contribution in [3.05, 3.63) is 29.0 Å². The van der Waals surface area contributed by atoms with Crippen molar-refractivity contribution in [1.29, 1.82) is 0 Å². The van der Waals surface area contributed by atoms with E-state index < -0.39 is 0 Å². The summed E-state index contributed by atoms with van der Waals surface area (Å²) < 4.78 is 7.47. The molecule has 5 nitrogen and oxygen atoms in total. The molecule has 0 spiro atoms. The molecule has 2 rings (SSSR count). The van der Waals surface area contributed by atoms with Gasteiger partial charge in [-0.3, -0.25) is 0 Å². The number of thiazole rings is 1. The van der Waals surface area contributed by atoms with Crippen LogP contribution in [0.4, 0.5) is 5.95 Å². The van der Waals surface area contributed by atoms with Gasteiger partial charge in [-0.1, -0.05) is 0 Å².